The molecule has 8 nitrogen and oxygen atoms in total. The Hall–Kier alpha value is -2.43. The fourth-order valence-electron chi connectivity index (χ4n) is 3.63. The number of ether oxygens (including phenoxy) is 1. The number of carbonyl (C=O) groups excluding carboxylic acids is 1. The standard InChI is InChI=1S/C20H23N3O5S2/c1-3-27-16-9-6-7-13-11-17(28-18(13)16)14-12-29-20(21-14)22-19(24)15-8-4-5-10-23(15)30(2,25)26/h6-7,9,11-12,15H,3-5,8,10H2,1-2H3,(H,21,22,24). The molecular formula is C20H23N3O5S2. The lowest BCUT2D eigenvalue weighted by atomic mass is 10.0. The van der Waals surface area contributed by atoms with Crippen molar-refractivity contribution in [2.75, 3.05) is 24.7 Å². The van der Waals surface area contributed by atoms with Crippen molar-refractivity contribution in [3.63, 3.8) is 0 Å². The Bertz CT molecular complexity index is 1170. The number of amides is 1. The Morgan fingerprint density at radius 3 is 3.00 bits per heavy atom. The molecule has 1 unspecified atom stereocenters. The quantitative estimate of drug-likeness (QED) is 0.616. The topological polar surface area (TPSA) is 102 Å². The first-order valence-electron chi connectivity index (χ1n) is 9.75. The van der Waals surface area contributed by atoms with Crippen LogP contribution in [0.2, 0.25) is 0 Å². The van der Waals surface area contributed by atoms with Crippen LogP contribution in [-0.2, 0) is 14.8 Å². The fraction of sp³-hybridized carbons (Fsp3) is 0.400. The smallest absolute Gasteiger partial charge is 0.244 e. The fourth-order valence-corrected chi connectivity index (χ4v) is 5.46. The average molecular weight is 450 g/mol. The zero-order valence-corrected chi connectivity index (χ0v) is 18.4. The predicted molar refractivity (Wildman–Crippen MR) is 116 cm³/mol. The maximum atomic E-state index is 12.7. The normalized spacial score (nSPS) is 17.9. The maximum Gasteiger partial charge on any atom is 0.244 e. The summed E-state index contributed by atoms with van der Waals surface area (Å²) in [6.45, 7) is 2.81. The number of benzene rings is 1. The van der Waals surface area contributed by atoms with E-state index in [2.05, 4.69) is 10.3 Å². The highest BCUT2D eigenvalue weighted by atomic mass is 32.2. The second kappa shape index (κ2) is 8.37. The van der Waals surface area contributed by atoms with Crippen molar-refractivity contribution in [3.8, 4) is 17.2 Å². The zero-order valence-electron chi connectivity index (χ0n) is 16.8. The van der Waals surface area contributed by atoms with Crippen LogP contribution in [0.15, 0.2) is 34.1 Å². The van der Waals surface area contributed by atoms with Gasteiger partial charge in [-0.25, -0.2) is 13.4 Å². The molecule has 0 spiro atoms. The van der Waals surface area contributed by atoms with E-state index in [0.717, 1.165) is 24.5 Å². The van der Waals surface area contributed by atoms with Crippen molar-refractivity contribution < 1.29 is 22.4 Å². The number of hydrogen-bond acceptors (Lipinski definition) is 7. The summed E-state index contributed by atoms with van der Waals surface area (Å²) in [4.78, 5) is 17.2. The molecular weight excluding hydrogens is 426 g/mol. The third-order valence-corrected chi connectivity index (χ3v) is 7.02. The summed E-state index contributed by atoms with van der Waals surface area (Å²) in [7, 11) is -3.45. The van der Waals surface area contributed by atoms with Crippen LogP contribution in [0.1, 0.15) is 26.2 Å². The first kappa shape index (κ1) is 20.8. The molecule has 30 heavy (non-hydrogen) atoms. The molecule has 160 valence electrons. The van der Waals surface area contributed by atoms with E-state index in [1.54, 1.807) is 5.38 Å². The number of para-hydroxylation sites is 1. The number of hydrogen-bond donors (Lipinski definition) is 1. The van der Waals surface area contributed by atoms with E-state index >= 15 is 0 Å². The molecule has 0 saturated carbocycles. The minimum absolute atomic E-state index is 0.357. The van der Waals surface area contributed by atoms with Gasteiger partial charge in [-0.05, 0) is 31.9 Å². The van der Waals surface area contributed by atoms with Gasteiger partial charge in [0.2, 0.25) is 15.9 Å². The van der Waals surface area contributed by atoms with Gasteiger partial charge in [0.1, 0.15) is 11.7 Å². The molecule has 0 bridgehead atoms. The van der Waals surface area contributed by atoms with Gasteiger partial charge in [-0.15, -0.1) is 11.3 Å². The van der Waals surface area contributed by atoms with Gasteiger partial charge >= 0.3 is 0 Å². The Balaban J connectivity index is 1.54. The third-order valence-electron chi connectivity index (χ3n) is 4.98. The number of nitrogens with one attached hydrogen (secondary N) is 1. The molecule has 1 aliphatic rings. The molecule has 1 fully saturated rings. The average Bonchev–Trinajstić information content (AvgIpc) is 3.35. The SMILES string of the molecule is CCOc1cccc2cc(-c3csc(NC(=O)C4CCCCN4S(C)(=O)=O)n3)oc12. The molecule has 1 aromatic carbocycles. The van der Waals surface area contributed by atoms with Crippen LogP contribution in [-0.4, -0.2) is 49.1 Å². The molecule has 1 atom stereocenters. The van der Waals surface area contributed by atoms with Crippen molar-refractivity contribution in [2.24, 2.45) is 0 Å². The Morgan fingerprint density at radius 1 is 1.40 bits per heavy atom. The minimum Gasteiger partial charge on any atom is -0.490 e. The van der Waals surface area contributed by atoms with Gasteiger partial charge in [0.25, 0.3) is 0 Å². The van der Waals surface area contributed by atoms with Crippen molar-refractivity contribution in [1.29, 1.82) is 0 Å². The summed E-state index contributed by atoms with van der Waals surface area (Å²) in [5.74, 6) is 0.886. The molecule has 1 saturated heterocycles. The van der Waals surface area contributed by atoms with Crippen molar-refractivity contribution in [3.05, 3.63) is 29.6 Å². The molecule has 0 radical (unpaired) electrons. The number of rotatable bonds is 6. The van der Waals surface area contributed by atoms with Gasteiger partial charge in [-0.1, -0.05) is 18.6 Å². The Kier molecular flexibility index (Phi) is 5.81. The Labute approximate surface area is 178 Å². The van der Waals surface area contributed by atoms with E-state index in [9.17, 15) is 13.2 Å². The first-order chi connectivity index (χ1) is 14.4. The second-order valence-corrected chi connectivity index (χ2v) is 9.92. The summed E-state index contributed by atoms with van der Waals surface area (Å²) in [6.07, 6.45) is 3.21. The molecule has 1 amide bonds. The number of carbonyl (C=O) groups is 1. The summed E-state index contributed by atoms with van der Waals surface area (Å²) in [5, 5.41) is 5.87. The van der Waals surface area contributed by atoms with E-state index in [4.69, 9.17) is 9.15 Å². The van der Waals surface area contributed by atoms with Gasteiger partial charge in [0.15, 0.2) is 22.2 Å². The summed E-state index contributed by atoms with van der Waals surface area (Å²) in [5.41, 5.74) is 1.25. The number of fused-ring (bicyclic) bond motifs is 1. The molecule has 10 heteroatoms. The molecule has 1 aliphatic heterocycles. The van der Waals surface area contributed by atoms with E-state index in [-0.39, 0.29) is 5.91 Å². The van der Waals surface area contributed by atoms with Crippen LogP contribution in [0.4, 0.5) is 5.13 Å². The largest absolute Gasteiger partial charge is 0.490 e. The van der Waals surface area contributed by atoms with Crippen molar-refractivity contribution >= 4 is 43.4 Å². The molecule has 4 rings (SSSR count). The van der Waals surface area contributed by atoms with Crippen molar-refractivity contribution in [2.45, 2.75) is 32.2 Å². The van der Waals surface area contributed by atoms with Gasteiger partial charge < -0.3 is 14.5 Å². The highest BCUT2D eigenvalue weighted by Gasteiger charge is 2.34. The number of nitrogens with zero attached hydrogens (tertiary/aromatic N) is 2. The number of aromatic nitrogens is 1. The van der Waals surface area contributed by atoms with Crippen LogP contribution < -0.4 is 10.1 Å². The van der Waals surface area contributed by atoms with Gasteiger partial charge in [0, 0.05) is 17.3 Å². The molecule has 3 heterocycles. The van der Waals surface area contributed by atoms with E-state index in [1.807, 2.05) is 31.2 Å². The number of furan rings is 1. The zero-order chi connectivity index (χ0) is 21.3. The summed E-state index contributed by atoms with van der Waals surface area (Å²) < 4.78 is 36.9. The van der Waals surface area contributed by atoms with Crippen molar-refractivity contribution in [1.82, 2.24) is 9.29 Å². The number of thiazole rings is 1. The molecule has 1 N–H and O–H groups in total. The van der Waals surface area contributed by atoms with E-state index in [0.29, 0.717) is 47.5 Å². The third kappa shape index (κ3) is 4.21. The molecule has 0 aliphatic carbocycles. The predicted octanol–water partition coefficient (Wildman–Crippen LogP) is 3.71. The number of anilines is 1. The van der Waals surface area contributed by atoms with Crippen LogP contribution >= 0.6 is 11.3 Å². The lowest BCUT2D eigenvalue weighted by Crippen LogP contribution is -2.49. The second-order valence-electron chi connectivity index (χ2n) is 7.13. The van der Waals surface area contributed by atoms with Crippen LogP contribution in [0, 0.1) is 0 Å². The van der Waals surface area contributed by atoms with E-state index in [1.165, 1.54) is 15.6 Å². The van der Waals surface area contributed by atoms with Gasteiger partial charge in [0.05, 0.1) is 12.9 Å². The molecule has 2 aromatic heterocycles. The number of piperidine rings is 1. The van der Waals surface area contributed by atoms with Crippen LogP contribution in [0.3, 0.4) is 0 Å². The highest BCUT2D eigenvalue weighted by Crippen LogP contribution is 2.34. The highest BCUT2D eigenvalue weighted by molar-refractivity contribution is 7.88. The number of sulfonamides is 1. The van der Waals surface area contributed by atoms with Crippen LogP contribution in [0.5, 0.6) is 5.75 Å². The van der Waals surface area contributed by atoms with Gasteiger partial charge in [-0.2, -0.15) is 4.31 Å². The van der Waals surface area contributed by atoms with Gasteiger partial charge in [-0.3, -0.25) is 4.79 Å². The summed E-state index contributed by atoms with van der Waals surface area (Å²) >= 11 is 1.27. The summed E-state index contributed by atoms with van der Waals surface area (Å²) in [6, 6.07) is 6.86. The first-order valence-corrected chi connectivity index (χ1v) is 12.5. The van der Waals surface area contributed by atoms with Crippen LogP contribution in [0.25, 0.3) is 22.4 Å². The maximum absolute atomic E-state index is 12.7. The van der Waals surface area contributed by atoms with E-state index < -0.39 is 16.1 Å². The monoisotopic (exact) mass is 449 g/mol. The lowest BCUT2D eigenvalue weighted by Gasteiger charge is -2.32. The minimum atomic E-state index is -3.45. The Morgan fingerprint density at radius 2 is 2.23 bits per heavy atom. The molecule has 3 aromatic rings. The lowest BCUT2D eigenvalue weighted by molar-refractivity contribution is -0.120.